The fraction of sp³-hybridized carbons (Fsp3) is 0.364. The lowest BCUT2D eigenvalue weighted by Gasteiger charge is -2.34. The third kappa shape index (κ3) is 3.87. The Morgan fingerprint density at radius 1 is 1.19 bits per heavy atom. The summed E-state index contributed by atoms with van der Waals surface area (Å²) >= 11 is 0. The molecule has 1 aromatic heterocycles. The van der Waals surface area contributed by atoms with Crippen LogP contribution in [0.15, 0.2) is 42.7 Å². The van der Waals surface area contributed by atoms with Crippen LogP contribution in [0.4, 0.5) is 13.6 Å². The molecule has 0 radical (unpaired) electrons. The molecule has 1 saturated carbocycles. The Kier molecular flexibility index (Phi) is 5.20. The van der Waals surface area contributed by atoms with Crippen LogP contribution in [0.1, 0.15) is 36.0 Å². The second kappa shape index (κ2) is 7.72. The van der Waals surface area contributed by atoms with Crippen molar-refractivity contribution in [2.45, 2.75) is 37.1 Å². The minimum Gasteiger partial charge on any atom is -0.496 e. The first-order chi connectivity index (χ1) is 14.7. The summed E-state index contributed by atoms with van der Waals surface area (Å²) in [4.78, 5) is 42.9. The van der Waals surface area contributed by atoms with Crippen molar-refractivity contribution >= 4 is 17.7 Å². The summed E-state index contributed by atoms with van der Waals surface area (Å²) < 4.78 is 32.4. The minimum atomic E-state index is -2.84. The maximum atomic E-state index is 13.5. The predicted molar refractivity (Wildman–Crippen MR) is 107 cm³/mol. The molecule has 2 heterocycles. The number of ether oxygens (including phenoxy) is 1. The number of carbonyl (C=O) groups excluding carboxylic acids is 3. The molecule has 0 bridgehead atoms. The number of rotatable bonds is 5. The average Bonchev–Trinajstić information content (AvgIpc) is 3.00. The number of hydrogen-bond donors (Lipinski definition) is 1. The fourth-order valence-electron chi connectivity index (χ4n) is 4.06. The minimum absolute atomic E-state index is 0.150. The van der Waals surface area contributed by atoms with Gasteiger partial charge in [0.15, 0.2) is 5.78 Å². The van der Waals surface area contributed by atoms with Crippen LogP contribution >= 0.6 is 0 Å². The van der Waals surface area contributed by atoms with Crippen molar-refractivity contribution < 1.29 is 27.9 Å². The molecule has 31 heavy (non-hydrogen) atoms. The van der Waals surface area contributed by atoms with E-state index in [1.54, 1.807) is 36.7 Å². The number of nitrogens with one attached hydrogen (secondary N) is 1. The summed E-state index contributed by atoms with van der Waals surface area (Å²) in [6.45, 7) is -0.474. The van der Waals surface area contributed by atoms with E-state index in [0.717, 1.165) is 16.0 Å². The highest BCUT2D eigenvalue weighted by Crippen LogP contribution is 2.41. The van der Waals surface area contributed by atoms with Gasteiger partial charge < -0.3 is 10.1 Å². The standard InChI is InChI=1S/C22H21F2N3O4/c1-31-18-11-14(4-5-16(18)15-3-2-10-25-12-15)17(28)13-27-19(29)21(26-20(27)30)6-8-22(23,24)9-7-21/h2-5,10-12H,6-9,13H2,1H3,(H,26,30). The topological polar surface area (TPSA) is 88.6 Å². The first-order valence-electron chi connectivity index (χ1n) is 9.88. The van der Waals surface area contributed by atoms with Crippen LogP contribution in [-0.2, 0) is 4.79 Å². The molecule has 1 saturated heterocycles. The highest BCUT2D eigenvalue weighted by Gasteiger charge is 2.55. The number of alkyl halides is 2. The van der Waals surface area contributed by atoms with Crippen molar-refractivity contribution in [1.82, 2.24) is 15.2 Å². The molecule has 0 unspecified atom stereocenters. The Morgan fingerprint density at radius 2 is 1.94 bits per heavy atom. The van der Waals surface area contributed by atoms with Gasteiger partial charge in [0.1, 0.15) is 11.3 Å². The number of imide groups is 1. The van der Waals surface area contributed by atoms with Gasteiger partial charge in [-0.1, -0.05) is 12.1 Å². The summed E-state index contributed by atoms with van der Waals surface area (Å²) in [7, 11) is 1.48. The molecule has 7 nitrogen and oxygen atoms in total. The van der Waals surface area contributed by atoms with Crippen molar-refractivity contribution in [3.05, 3.63) is 48.3 Å². The zero-order valence-corrected chi connectivity index (χ0v) is 16.9. The van der Waals surface area contributed by atoms with E-state index in [2.05, 4.69) is 10.3 Å². The first-order valence-corrected chi connectivity index (χ1v) is 9.88. The van der Waals surface area contributed by atoms with Crippen LogP contribution in [0.2, 0.25) is 0 Å². The zero-order chi connectivity index (χ0) is 22.2. The van der Waals surface area contributed by atoms with E-state index in [9.17, 15) is 23.2 Å². The second-order valence-electron chi connectivity index (χ2n) is 7.84. The van der Waals surface area contributed by atoms with Crippen molar-refractivity contribution in [2.75, 3.05) is 13.7 Å². The van der Waals surface area contributed by atoms with Crippen molar-refractivity contribution in [3.8, 4) is 16.9 Å². The van der Waals surface area contributed by atoms with E-state index in [0.29, 0.717) is 5.75 Å². The van der Waals surface area contributed by atoms with Gasteiger partial charge in [-0.3, -0.25) is 19.5 Å². The monoisotopic (exact) mass is 429 g/mol. The summed E-state index contributed by atoms with van der Waals surface area (Å²) in [5.41, 5.74) is 0.468. The van der Waals surface area contributed by atoms with E-state index in [1.807, 2.05) is 6.07 Å². The third-order valence-corrected chi connectivity index (χ3v) is 5.88. The van der Waals surface area contributed by atoms with Crippen LogP contribution < -0.4 is 10.1 Å². The lowest BCUT2D eigenvalue weighted by molar-refractivity contribution is -0.135. The van der Waals surface area contributed by atoms with Crippen LogP contribution in [0.25, 0.3) is 11.1 Å². The number of pyridine rings is 1. The number of benzene rings is 1. The maximum absolute atomic E-state index is 13.5. The van der Waals surface area contributed by atoms with Crippen molar-refractivity contribution in [2.24, 2.45) is 0 Å². The molecular weight excluding hydrogens is 408 g/mol. The molecule has 2 fully saturated rings. The number of halogens is 2. The Hall–Kier alpha value is -3.36. The summed E-state index contributed by atoms with van der Waals surface area (Å²) in [5.74, 6) is -3.48. The number of urea groups is 1. The number of hydrogen-bond acceptors (Lipinski definition) is 5. The molecule has 1 aromatic carbocycles. The molecule has 1 N–H and O–H groups in total. The van der Waals surface area contributed by atoms with E-state index in [1.165, 1.54) is 7.11 Å². The molecule has 162 valence electrons. The number of aromatic nitrogens is 1. The third-order valence-electron chi connectivity index (χ3n) is 5.88. The second-order valence-corrected chi connectivity index (χ2v) is 7.84. The average molecular weight is 429 g/mol. The normalized spacial score (nSPS) is 19.4. The van der Waals surface area contributed by atoms with Crippen LogP contribution in [0, 0.1) is 0 Å². The molecule has 1 aliphatic heterocycles. The lowest BCUT2D eigenvalue weighted by Crippen LogP contribution is -2.51. The molecular formula is C22H21F2N3O4. The molecule has 3 amide bonds. The SMILES string of the molecule is COc1cc(C(=O)CN2C(=O)NC3(CCC(F)(F)CC3)C2=O)ccc1-c1cccnc1. The number of nitrogens with zero attached hydrogens (tertiary/aromatic N) is 2. The Morgan fingerprint density at radius 3 is 2.58 bits per heavy atom. The van der Waals surface area contributed by atoms with Gasteiger partial charge in [-0.25, -0.2) is 13.6 Å². The number of methoxy groups -OCH3 is 1. The van der Waals surface area contributed by atoms with Gasteiger partial charge in [0, 0.05) is 41.9 Å². The van der Waals surface area contributed by atoms with Crippen LogP contribution in [0.3, 0.4) is 0 Å². The number of ketones is 1. The molecule has 4 rings (SSSR count). The Labute approximate surface area is 177 Å². The van der Waals surface area contributed by atoms with E-state index in [-0.39, 0.29) is 18.4 Å². The Balaban J connectivity index is 1.52. The highest BCUT2D eigenvalue weighted by molar-refractivity contribution is 6.11. The predicted octanol–water partition coefficient (Wildman–Crippen LogP) is 3.44. The highest BCUT2D eigenvalue weighted by atomic mass is 19.3. The summed E-state index contributed by atoms with van der Waals surface area (Å²) in [5, 5.41) is 2.54. The van der Waals surface area contributed by atoms with E-state index < -0.39 is 48.6 Å². The molecule has 1 aliphatic carbocycles. The molecule has 9 heteroatoms. The molecule has 2 aliphatic rings. The maximum Gasteiger partial charge on any atom is 0.325 e. The van der Waals surface area contributed by atoms with Gasteiger partial charge in [0.05, 0.1) is 13.7 Å². The van der Waals surface area contributed by atoms with Crippen LogP contribution in [0.5, 0.6) is 5.75 Å². The van der Waals surface area contributed by atoms with Gasteiger partial charge in [-0.2, -0.15) is 0 Å². The van der Waals surface area contributed by atoms with Gasteiger partial charge in [-0.05, 0) is 31.0 Å². The van der Waals surface area contributed by atoms with E-state index >= 15 is 0 Å². The lowest BCUT2D eigenvalue weighted by atomic mass is 9.80. The quantitative estimate of drug-likeness (QED) is 0.581. The number of Topliss-reactive ketones (excluding diaryl/α,β-unsaturated/α-hetero) is 1. The molecule has 0 atom stereocenters. The van der Waals surface area contributed by atoms with Gasteiger partial charge >= 0.3 is 6.03 Å². The zero-order valence-electron chi connectivity index (χ0n) is 16.9. The smallest absolute Gasteiger partial charge is 0.325 e. The molecule has 1 spiro atoms. The van der Waals surface area contributed by atoms with Crippen molar-refractivity contribution in [3.63, 3.8) is 0 Å². The van der Waals surface area contributed by atoms with Gasteiger partial charge in [0.25, 0.3) is 5.91 Å². The van der Waals surface area contributed by atoms with Gasteiger partial charge in [0.2, 0.25) is 5.92 Å². The van der Waals surface area contributed by atoms with Gasteiger partial charge in [-0.15, -0.1) is 0 Å². The first kappa shape index (κ1) is 20.9. The number of amides is 3. The molecule has 2 aromatic rings. The fourth-order valence-corrected chi connectivity index (χ4v) is 4.06. The largest absolute Gasteiger partial charge is 0.496 e. The summed E-state index contributed by atoms with van der Waals surface area (Å²) in [6, 6.07) is 7.74. The summed E-state index contributed by atoms with van der Waals surface area (Å²) in [6.07, 6.45) is 2.05. The van der Waals surface area contributed by atoms with Crippen LogP contribution in [-0.4, -0.2) is 52.7 Å². The van der Waals surface area contributed by atoms with Crippen molar-refractivity contribution in [1.29, 1.82) is 0 Å². The van der Waals surface area contributed by atoms with E-state index in [4.69, 9.17) is 4.74 Å². The number of carbonyl (C=O) groups is 3. The Bertz CT molecular complexity index is 1030.